The fourth-order valence-corrected chi connectivity index (χ4v) is 3.38. The summed E-state index contributed by atoms with van der Waals surface area (Å²) < 4.78 is 5.73. The molecule has 1 heterocycles. The van der Waals surface area contributed by atoms with Gasteiger partial charge in [-0.1, -0.05) is 18.2 Å². The average Bonchev–Trinajstić information content (AvgIpc) is 2.70. The molecule has 1 amide bonds. The van der Waals surface area contributed by atoms with Gasteiger partial charge in [0, 0.05) is 23.6 Å². The molecular weight excluding hydrogens is 370 g/mol. The van der Waals surface area contributed by atoms with E-state index >= 15 is 0 Å². The first-order valence-corrected chi connectivity index (χ1v) is 9.76. The second-order valence-corrected chi connectivity index (χ2v) is 7.09. The number of carbonyl (C=O) groups excluding carboxylic acids is 1. The predicted octanol–water partition coefficient (Wildman–Crippen LogP) is 5.17. The zero-order chi connectivity index (χ0) is 19.8. The van der Waals surface area contributed by atoms with E-state index < -0.39 is 0 Å². The lowest BCUT2D eigenvalue weighted by Gasteiger charge is -2.08. The fourth-order valence-electron chi connectivity index (χ4n) is 2.42. The van der Waals surface area contributed by atoms with Crippen molar-refractivity contribution in [1.29, 1.82) is 5.26 Å². The minimum atomic E-state index is -0.0876. The lowest BCUT2D eigenvalue weighted by molar-refractivity contribution is -0.115. The van der Waals surface area contributed by atoms with Crippen LogP contribution in [0.15, 0.2) is 71.8 Å². The van der Waals surface area contributed by atoms with Gasteiger partial charge in [0.2, 0.25) is 5.91 Å². The SMILES string of the molecule is Cc1ccc(C#N)c(SCCC(=O)Nc2ccc(Oc3ccccc3)cc2)n1. The lowest BCUT2D eigenvalue weighted by Crippen LogP contribution is -2.12. The molecule has 6 heteroatoms. The van der Waals surface area contributed by atoms with Crippen LogP contribution in [0.3, 0.4) is 0 Å². The van der Waals surface area contributed by atoms with E-state index in [0.29, 0.717) is 34.2 Å². The zero-order valence-corrected chi connectivity index (χ0v) is 16.2. The molecule has 1 N–H and O–H groups in total. The number of thioether (sulfide) groups is 1. The number of carbonyl (C=O) groups is 1. The highest BCUT2D eigenvalue weighted by atomic mass is 32.2. The van der Waals surface area contributed by atoms with Crippen LogP contribution in [-0.2, 0) is 4.79 Å². The van der Waals surface area contributed by atoms with Crippen molar-refractivity contribution in [1.82, 2.24) is 4.98 Å². The van der Waals surface area contributed by atoms with Crippen LogP contribution >= 0.6 is 11.8 Å². The van der Waals surface area contributed by atoms with Crippen LogP contribution in [0.5, 0.6) is 11.5 Å². The van der Waals surface area contributed by atoms with Crippen LogP contribution in [0.25, 0.3) is 0 Å². The van der Waals surface area contributed by atoms with E-state index in [-0.39, 0.29) is 5.91 Å². The van der Waals surface area contributed by atoms with Crippen molar-refractivity contribution < 1.29 is 9.53 Å². The Hall–Kier alpha value is -3.30. The van der Waals surface area contributed by atoms with E-state index in [9.17, 15) is 4.79 Å². The second-order valence-electron chi connectivity index (χ2n) is 6.00. The molecule has 0 saturated heterocycles. The van der Waals surface area contributed by atoms with E-state index in [0.717, 1.165) is 11.4 Å². The van der Waals surface area contributed by atoms with Gasteiger partial charge in [-0.25, -0.2) is 4.98 Å². The fraction of sp³-hybridized carbons (Fsp3) is 0.136. The Morgan fingerprint density at radius 3 is 2.50 bits per heavy atom. The highest BCUT2D eigenvalue weighted by Gasteiger charge is 2.08. The molecule has 3 aromatic rings. The number of hydrogen-bond donors (Lipinski definition) is 1. The molecule has 28 heavy (non-hydrogen) atoms. The Morgan fingerprint density at radius 1 is 1.07 bits per heavy atom. The average molecular weight is 389 g/mol. The largest absolute Gasteiger partial charge is 0.457 e. The van der Waals surface area contributed by atoms with E-state index in [1.165, 1.54) is 11.8 Å². The monoisotopic (exact) mass is 389 g/mol. The zero-order valence-electron chi connectivity index (χ0n) is 15.4. The number of benzene rings is 2. The van der Waals surface area contributed by atoms with Gasteiger partial charge >= 0.3 is 0 Å². The number of aromatic nitrogens is 1. The number of ether oxygens (including phenoxy) is 1. The highest BCUT2D eigenvalue weighted by molar-refractivity contribution is 7.99. The Kier molecular flexibility index (Phi) is 6.66. The van der Waals surface area contributed by atoms with Gasteiger partial charge < -0.3 is 10.1 Å². The van der Waals surface area contributed by atoms with Crippen molar-refractivity contribution in [3.8, 4) is 17.6 Å². The number of nitrogens with one attached hydrogen (secondary N) is 1. The summed E-state index contributed by atoms with van der Waals surface area (Å²) in [5.41, 5.74) is 2.09. The lowest BCUT2D eigenvalue weighted by atomic mass is 10.3. The highest BCUT2D eigenvalue weighted by Crippen LogP contribution is 2.23. The van der Waals surface area contributed by atoms with Gasteiger partial charge in [0.1, 0.15) is 22.6 Å². The van der Waals surface area contributed by atoms with Crippen LogP contribution in [0.1, 0.15) is 17.7 Å². The van der Waals surface area contributed by atoms with Crippen molar-refractivity contribution in [2.24, 2.45) is 0 Å². The molecule has 0 aliphatic heterocycles. The molecule has 140 valence electrons. The Morgan fingerprint density at radius 2 is 1.79 bits per heavy atom. The summed E-state index contributed by atoms with van der Waals surface area (Å²) >= 11 is 1.41. The molecule has 0 saturated carbocycles. The number of amides is 1. The van der Waals surface area contributed by atoms with Gasteiger partial charge in [-0.05, 0) is 55.5 Å². The first kappa shape index (κ1) is 19.5. The van der Waals surface area contributed by atoms with Crippen LogP contribution < -0.4 is 10.1 Å². The maximum Gasteiger partial charge on any atom is 0.225 e. The third-order valence-electron chi connectivity index (χ3n) is 3.80. The van der Waals surface area contributed by atoms with E-state index in [2.05, 4.69) is 16.4 Å². The van der Waals surface area contributed by atoms with Gasteiger partial charge in [-0.3, -0.25) is 4.79 Å². The molecule has 5 nitrogen and oxygen atoms in total. The van der Waals surface area contributed by atoms with Crippen LogP contribution in [0.2, 0.25) is 0 Å². The molecule has 0 bridgehead atoms. The quantitative estimate of drug-likeness (QED) is 0.564. The Labute approximate surface area is 168 Å². The van der Waals surface area contributed by atoms with Crippen molar-refractivity contribution in [3.63, 3.8) is 0 Å². The molecule has 0 spiro atoms. The minimum Gasteiger partial charge on any atom is -0.457 e. The number of para-hydroxylation sites is 1. The maximum absolute atomic E-state index is 12.2. The normalized spacial score (nSPS) is 10.1. The van der Waals surface area contributed by atoms with Crippen molar-refractivity contribution >= 4 is 23.4 Å². The number of nitrogens with zero attached hydrogens (tertiary/aromatic N) is 2. The van der Waals surface area contributed by atoms with E-state index in [1.54, 1.807) is 24.3 Å². The van der Waals surface area contributed by atoms with E-state index in [1.807, 2.05) is 49.4 Å². The summed E-state index contributed by atoms with van der Waals surface area (Å²) in [6.07, 6.45) is 0.327. The second kappa shape index (κ2) is 9.58. The molecule has 0 aliphatic carbocycles. The van der Waals surface area contributed by atoms with Crippen LogP contribution in [0, 0.1) is 18.3 Å². The van der Waals surface area contributed by atoms with Gasteiger partial charge in [-0.2, -0.15) is 5.26 Å². The first-order valence-electron chi connectivity index (χ1n) is 8.77. The Balaban J connectivity index is 1.48. The summed E-state index contributed by atoms with van der Waals surface area (Å²) in [5.74, 6) is 1.93. The van der Waals surface area contributed by atoms with Crippen molar-refractivity contribution in [2.45, 2.75) is 18.4 Å². The smallest absolute Gasteiger partial charge is 0.225 e. The number of anilines is 1. The standard InChI is InChI=1S/C22H19N3O2S/c1-16-7-8-17(15-23)22(24-16)28-14-13-21(26)25-18-9-11-20(12-10-18)27-19-5-3-2-4-6-19/h2-12H,13-14H2,1H3,(H,25,26). The molecule has 3 rings (SSSR count). The number of aryl methyl sites for hydroxylation is 1. The number of hydrogen-bond acceptors (Lipinski definition) is 5. The molecule has 2 aromatic carbocycles. The third-order valence-corrected chi connectivity index (χ3v) is 4.80. The van der Waals surface area contributed by atoms with Gasteiger partial charge in [0.15, 0.2) is 0 Å². The molecule has 0 aliphatic rings. The van der Waals surface area contributed by atoms with Gasteiger partial charge in [-0.15, -0.1) is 11.8 Å². The van der Waals surface area contributed by atoms with E-state index in [4.69, 9.17) is 10.00 Å². The summed E-state index contributed by atoms with van der Waals surface area (Å²) in [6, 6.07) is 22.4. The van der Waals surface area contributed by atoms with Crippen LogP contribution in [0.4, 0.5) is 5.69 Å². The number of rotatable bonds is 7. The van der Waals surface area contributed by atoms with Gasteiger partial charge in [0.25, 0.3) is 0 Å². The summed E-state index contributed by atoms with van der Waals surface area (Å²) in [5, 5.41) is 12.7. The summed E-state index contributed by atoms with van der Waals surface area (Å²) in [7, 11) is 0. The molecule has 0 fully saturated rings. The molecule has 0 radical (unpaired) electrons. The maximum atomic E-state index is 12.2. The molecule has 0 unspecified atom stereocenters. The third kappa shape index (κ3) is 5.60. The minimum absolute atomic E-state index is 0.0876. The van der Waals surface area contributed by atoms with Crippen molar-refractivity contribution in [3.05, 3.63) is 78.0 Å². The summed E-state index contributed by atoms with van der Waals surface area (Å²) in [4.78, 5) is 16.5. The Bertz CT molecular complexity index is 983. The first-order chi connectivity index (χ1) is 13.6. The van der Waals surface area contributed by atoms with Crippen LogP contribution in [-0.4, -0.2) is 16.6 Å². The van der Waals surface area contributed by atoms with Gasteiger partial charge in [0.05, 0.1) is 5.56 Å². The number of pyridine rings is 1. The summed E-state index contributed by atoms with van der Waals surface area (Å²) in [6.45, 7) is 1.88. The molecular formula is C22H19N3O2S. The predicted molar refractivity (Wildman–Crippen MR) is 111 cm³/mol. The number of nitriles is 1. The topological polar surface area (TPSA) is 75.0 Å². The van der Waals surface area contributed by atoms with Crippen molar-refractivity contribution in [2.75, 3.05) is 11.1 Å². The molecule has 0 atom stereocenters. The molecule has 1 aromatic heterocycles.